The molecule has 132 valence electrons. The van der Waals surface area contributed by atoms with Crippen LogP contribution in [0.25, 0.3) is 10.2 Å². The number of carbonyl (C=O) groups excluding carboxylic acids is 1. The molecule has 0 bridgehead atoms. The van der Waals surface area contributed by atoms with Crippen LogP contribution in [0.15, 0.2) is 22.5 Å². The van der Waals surface area contributed by atoms with Crippen LogP contribution in [0.1, 0.15) is 20.3 Å². The normalized spacial score (nSPS) is 12.2. The highest BCUT2D eigenvalue weighted by Crippen LogP contribution is 2.32. The Labute approximate surface area is 157 Å². The Morgan fingerprint density at radius 2 is 2.20 bits per heavy atom. The summed E-state index contributed by atoms with van der Waals surface area (Å²) in [6.07, 6.45) is 0.662. The number of nitrogen functional groups attached to an aromatic ring is 1. The lowest BCUT2D eigenvalue weighted by molar-refractivity contribution is -0.115. The van der Waals surface area contributed by atoms with Gasteiger partial charge in [0.1, 0.15) is 5.75 Å². The van der Waals surface area contributed by atoms with Crippen LogP contribution in [0.5, 0.6) is 5.75 Å². The number of carbonyl (C=O) groups is 1. The molecular formula is C15H17N5O2S3. The number of nitrogens with two attached hydrogens (primary N) is 1. The number of benzene rings is 1. The third-order valence-electron chi connectivity index (χ3n) is 3.23. The van der Waals surface area contributed by atoms with Crippen molar-refractivity contribution in [2.24, 2.45) is 0 Å². The minimum atomic E-state index is -0.279. The van der Waals surface area contributed by atoms with Crippen LogP contribution in [0.4, 0.5) is 10.3 Å². The molecule has 1 aromatic carbocycles. The number of amides is 1. The fourth-order valence-electron chi connectivity index (χ4n) is 2.11. The number of aromatic nitrogens is 3. The molecule has 0 aliphatic carbocycles. The standard InChI is InChI=1S/C15H17N5O2S3/c1-3-10(24-15-20-19-13(16)25-15)12(21)18-14-17-9-6-5-8(22-4-2)7-11(9)23-14/h5-7,10H,3-4H2,1-2H3,(H2,16,19)(H,17,18,21)/t10-/m1/s1. The van der Waals surface area contributed by atoms with Crippen molar-refractivity contribution in [1.29, 1.82) is 0 Å². The number of hydrogen-bond donors (Lipinski definition) is 2. The second-order valence-electron chi connectivity index (χ2n) is 4.99. The Bertz CT molecular complexity index is 879. The number of thioether (sulfide) groups is 1. The smallest absolute Gasteiger partial charge is 0.239 e. The number of hydrogen-bond acceptors (Lipinski definition) is 9. The zero-order valence-electron chi connectivity index (χ0n) is 13.7. The highest BCUT2D eigenvalue weighted by molar-refractivity contribution is 8.02. The number of nitrogens with one attached hydrogen (secondary N) is 1. The highest BCUT2D eigenvalue weighted by Gasteiger charge is 2.21. The Balaban J connectivity index is 1.71. The first-order valence-corrected chi connectivity index (χ1v) is 10.2. The topological polar surface area (TPSA) is 103 Å². The first-order valence-electron chi connectivity index (χ1n) is 7.69. The number of ether oxygens (including phenoxy) is 1. The monoisotopic (exact) mass is 395 g/mol. The maximum absolute atomic E-state index is 12.5. The third kappa shape index (κ3) is 4.39. The fourth-order valence-corrected chi connectivity index (χ4v) is 4.81. The van der Waals surface area contributed by atoms with E-state index in [-0.39, 0.29) is 11.2 Å². The van der Waals surface area contributed by atoms with Crippen LogP contribution in [-0.2, 0) is 4.79 Å². The van der Waals surface area contributed by atoms with Crippen LogP contribution in [0, 0.1) is 0 Å². The summed E-state index contributed by atoms with van der Waals surface area (Å²) in [5.41, 5.74) is 6.42. The molecule has 1 atom stereocenters. The molecule has 3 rings (SSSR count). The van der Waals surface area contributed by atoms with Gasteiger partial charge >= 0.3 is 0 Å². The van der Waals surface area contributed by atoms with Crippen LogP contribution in [0.3, 0.4) is 0 Å². The van der Waals surface area contributed by atoms with E-state index in [0.717, 1.165) is 16.0 Å². The molecule has 10 heteroatoms. The minimum absolute atomic E-state index is 0.106. The lowest BCUT2D eigenvalue weighted by Gasteiger charge is -2.11. The van der Waals surface area contributed by atoms with Crippen LogP contribution in [0.2, 0.25) is 0 Å². The molecule has 0 aliphatic rings. The van der Waals surface area contributed by atoms with Crippen LogP contribution < -0.4 is 15.8 Å². The summed E-state index contributed by atoms with van der Waals surface area (Å²) < 4.78 is 7.15. The molecular weight excluding hydrogens is 378 g/mol. The summed E-state index contributed by atoms with van der Waals surface area (Å²) >= 11 is 4.07. The second-order valence-corrected chi connectivity index (χ2v) is 8.48. The number of thiazole rings is 1. The maximum Gasteiger partial charge on any atom is 0.239 e. The summed E-state index contributed by atoms with van der Waals surface area (Å²) in [6, 6.07) is 5.70. The molecule has 0 saturated carbocycles. The van der Waals surface area contributed by atoms with Crippen molar-refractivity contribution in [2.75, 3.05) is 17.7 Å². The van der Waals surface area contributed by atoms with Gasteiger partial charge < -0.3 is 15.8 Å². The molecule has 0 saturated heterocycles. The van der Waals surface area contributed by atoms with Gasteiger partial charge in [-0.1, -0.05) is 41.4 Å². The second kappa shape index (κ2) is 7.98. The lowest BCUT2D eigenvalue weighted by Crippen LogP contribution is -2.24. The van der Waals surface area contributed by atoms with Gasteiger partial charge in [0.2, 0.25) is 11.0 Å². The van der Waals surface area contributed by atoms with Crippen molar-refractivity contribution in [3.05, 3.63) is 18.2 Å². The van der Waals surface area contributed by atoms with Crippen LogP contribution >= 0.6 is 34.4 Å². The van der Waals surface area contributed by atoms with Crippen LogP contribution in [-0.4, -0.2) is 32.9 Å². The van der Waals surface area contributed by atoms with E-state index in [1.54, 1.807) is 0 Å². The molecule has 3 N–H and O–H groups in total. The molecule has 1 amide bonds. The van der Waals surface area contributed by atoms with E-state index in [1.165, 1.54) is 34.4 Å². The Hall–Kier alpha value is -1.91. The van der Waals surface area contributed by atoms with Gasteiger partial charge in [0, 0.05) is 0 Å². The summed E-state index contributed by atoms with van der Waals surface area (Å²) in [5, 5.41) is 11.3. The average Bonchev–Trinajstić information content (AvgIpc) is 3.17. The average molecular weight is 396 g/mol. The van der Waals surface area contributed by atoms with Crippen molar-refractivity contribution < 1.29 is 9.53 Å². The molecule has 0 aliphatic heterocycles. The Morgan fingerprint density at radius 1 is 1.36 bits per heavy atom. The van der Waals surface area contributed by atoms with E-state index in [0.29, 0.717) is 27.6 Å². The predicted octanol–water partition coefficient (Wildman–Crippen LogP) is 3.64. The van der Waals surface area contributed by atoms with Crippen molar-refractivity contribution >= 4 is 60.8 Å². The number of nitrogens with zero attached hydrogens (tertiary/aromatic N) is 3. The molecule has 0 spiro atoms. The maximum atomic E-state index is 12.5. The Morgan fingerprint density at radius 3 is 2.88 bits per heavy atom. The van der Waals surface area contributed by atoms with Gasteiger partial charge in [-0.05, 0) is 31.5 Å². The molecule has 7 nitrogen and oxygen atoms in total. The molecule has 3 aromatic rings. The van der Waals surface area contributed by atoms with Crippen molar-refractivity contribution in [3.63, 3.8) is 0 Å². The number of rotatable bonds is 7. The molecule has 0 fully saturated rings. The fraction of sp³-hybridized carbons (Fsp3) is 0.333. The van der Waals surface area contributed by atoms with E-state index < -0.39 is 0 Å². The largest absolute Gasteiger partial charge is 0.494 e. The van der Waals surface area contributed by atoms with Gasteiger partial charge in [0.15, 0.2) is 9.47 Å². The first kappa shape index (κ1) is 17.9. The Kier molecular flexibility index (Phi) is 5.71. The van der Waals surface area contributed by atoms with Gasteiger partial charge in [-0.3, -0.25) is 4.79 Å². The van der Waals surface area contributed by atoms with Gasteiger partial charge in [-0.25, -0.2) is 4.98 Å². The molecule has 25 heavy (non-hydrogen) atoms. The molecule has 0 unspecified atom stereocenters. The highest BCUT2D eigenvalue weighted by atomic mass is 32.2. The zero-order valence-corrected chi connectivity index (χ0v) is 16.1. The van der Waals surface area contributed by atoms with Crippen molar-refractivity contribution in [3.8, 4) is 5.75 Å². The third-order valence-corrected chi connectivity index (χ3v) is 6.36. The van der Waals surface area contributed by atoms with Gasteiger partial charge in [0.05, 0.1) is 22.1 Å². The minimum Gasteiger partial charge on any atom is -0.494 e. The van der Waals surface area contributed by atoms with E-state index >= 15 is 0 Å². The predicted molar refractivity (Wildman–Crippen MR) is 104 cm³/mol. The zero-order chi connectivity index (χ0) is 17.8. The molecule has 0 radical (unpaired) electrons. The van der Waals surface area contributed by atoms with Gasteiger partial charge in [0.25, 0.3) is 0 Å². The summed E-state index contributed by atoms with van der Waals surface area (Å²) in [7, 11) is 0. The first-order chi connectivity index (χ1) is 12.1. The van der Waals surface area contributed by atoms with E-state index in [4.69, 9.17) is 10.5 Å². The molecule has 2 aromatic heterocycles. The van der Waals surface area contributed by atoms with E-state index in [1.807, 2.05) is 32.0 Å². The lowest BCUT2D eigenvalue weighted by atomic mass is 10.3. The summed E-state index contributed by atoms with van der Waals surface area (Å²) in [4.78, 5) is 17.0. The number of anilines is 2. The number of fused-ring (bicyclic) bond motifs is 1. The SMILES string of the molecule is CCOc1ccc2nc(NC(=O)[C@@H](CC)Sc3nnc(N)s3)sc2c1. The van der Waals surface area contributed by atoms with E-state index in [2.05, 4.69) is 20.5 Å². The van der Waals surface area contributed by atoms with Gasteiger partial charge in [-0.15, -0.1) is 10.2 Å². The summed E-state index contributed by atoms with van der Waals surface area (Å²) in [5.74, 6) is 0.692. The van der Waals surface area contributed by atoms with Crippen molar-refractivity contribution in [2.45, 2.75) is 29.9 Å². The molecule has 2 heterocycles. The quantitative estimate of drug-likeness (QED) is 0.589. The van der Waals surface area contributed by atoms with E-state index in [9.17, 15) is 4.79 Å². The van der Waals surface area contributed by atoms with Gasteiger partial charge in [-0.2, -0.15) is 0 Å². The van der Waals surface area contributed by atoms with Crippen molar-refractivity contribution in [1.82, 2.24) is 15.2 Å². The summed E-state index contributed by atoms with van der Waals surface area (Å²) in [6.45, 7) is 4.50.